The van der Waals surface area contributed by atoms with Gasteiger partial charge in [-0.05, 0) is 33.1 Å². The minimum absolute atomic E-state index is 0.180. The van der Waals surface area contributed by atoms with Crippen LogP contribution in [0, 0.1) is 0 Å². The van der Waals surface area contributed by atoms with Crippen LogP contribution in [0.1, 0.15) is 48.7 Å². The van der Waals surface area contributed by atoms with Crippen LogP contribution in [0.15, 0.2) is 95.6 Å². The third kappa shape index (κ3) is 5.75. The maximum absolute atomic E-state index is 12.4. The van der Waals surface area contributed by atoms with Gasteiger partial charge in [0.2, 0.25) is 0 Å². The van der Waals surface area contributed by atoms with Gasteiger partial charge in [0, 0.05) is 34.9 Å². The number of amides is 1. The molecule has 1 fully saturated rings. The van der Waals surface area contributed by atoms with Gasteiger partial charge in [-0.1, -0.05) is 109 Å². The van der Waals surface area contributed by atoms with Crippen LogP contribution in [-0.2, 0) is 10.8 Å². The fourth-order valence-electron chi connectivity index (χ4n) is 5.63. The van der Waals surface area contributed by atoms with Gasteiger partial charge in [-0.2, -0.15) is 0 Å². The normalized spacial score (nSPS) is 17.9. The predicted octanol–water partition coefficient (Wildman–Crippen LogP) is 6.87. The van der Waals surface area contributed by atoms with Gasteiger partial charge in [-0.3, -0.25) is 4.90 Å². The molecular weight excluding hydrogens is 588 g/mol. The van der Waals surface area contributed by atoms with Crippen molar-refractivity contribution in [2.24, 2.45) is 0 Å². The van der Waals surface area contributed by atoms with Crippen molar-refractivity contribution in [1.82, 2.24) is 9.88 Å². The second-order valence-electron chi connectivity index (χ2n) is 11.1. The number of carboxylic acid groups (broad SMARTS) is 1. The Morgan fingerprint density at radius 2 is 1.62 bits per heavy atom. The summed E-state index contributed by atoms with van der Waals surface area (Å²) in [6.07, 6.45) is 2.07. The number of likely N-dealkylation sites (tertiary alicyclic amines) is 1. The second kappa shape index (κ2) is 11.4. The van der Waals surface area contributed by atoms with Crippen LogP contribution >= 0.6 is 27.3 Å². The van der Waals surface area contributed by atoms with Crippen molar-refractivity contribution in [3.63, 3.8) is 0 Å². The Morgan fingerprint density at radius 1 is 1.03 bits per heavy atom. The molecule has 2 heterocycles. The Labute approximate surface area is 243 Å². The average Bonchev–Trinajstić information content (AvgIpc) is 3.56. The lowest BCUT2D eigenvalue weighted by molar-refractivity contribution is 0.133. The molecule has 1 aliphatic rings. The highest BCUT2D eigenvalue weighted by Gasteiger charge is 2.53. The van der Waals surface area contributed by atoms with Gasteiger partial charge >= 0.3 is 6.09 Å². The predicted molar refractivity (Wildman–Crippen MR) is 164 cm³/mol. The fourth-order valence-corrected chi connectivity index (χ4v) is 11.7. The van der Waals surface area contributed by atoms with Crippen LogP contribution in [0.5, 0.6) is 0 Å². The van der Waals surface area contributed by atoms with Crippen LogP contribution in [0.4, 0.5) is 4.79 Å². The Morgan fingerprint density at radius 3 is 2.15 bits per heavy atom. The largest absolute Gasteiger partial charge is 0.465 e. The monoisotopic (exact) mass is 620 g/mol. The van der Waals surface area contributed by atoms with E-state index >= 15 is 0 Å². The van der Waals surface area contributed by atoms with Gasteiger partial charge in [0.1, 0.15) is 5.01 Å². The Bertz CT molecular complexity index is 1370. The molecule has 1 aliphatic heterocycles. The van der Waals surface area contributed by atoms with E-state index < -0.39 is 14.4 Å². The highest BCUT2D eigenvalue weighted by atomic mass is 79.9. The zero-order chi connectivity index (χ0) is 27.6. The van der Waals surface area contributed by atoms with Crippen molar-refractivity contribution in [3.8, 4) is 0 Å². The molecule has 3 aromatic carbocycles. The average molecular weight is 622 g/mol. The van der Waals surface area contributed by atoms with Crippen LogP contribution in [0.3, 0.4) is 0 Å². The molecule has 4 aromatic rings. The van der Waals surface area contributed by atoms with Crippen molar-refractivity contribution in [2.45, 2.75) is 50.8 Å². The van der Waals surface area contributed by atoms with E-state index in [1.165, 1.54) is 20.8 Å². The molecule has 0 spiro atoms. The first-order valence-electron chi connectivity index (χ1n) is 13.1. The molecule has 2 atom stereocenters. The number of nitrogens with zero attached hydrogens (tertiary/aromatic N) is 2. The molecule has 1 aromatic heterocycles. The van der Waals surface area contributed by atoms with Gasteiger partial charge in [-0.25, -0.2) is 9.78 Å². The molecule has 1 amide bonds. The Kier molecular flexibility index (Phi) is 8.10. The number of hydrogen-bond acceptors (Lipinski definition) is 4. The first-order chi connectivity index (χ1) is 18.7. The van der Waals surface area contributed by atoms with E-state index in [4.69, 9.17) is 9.41 Å². The fraction of sp³-hybridized carbons (Fsp3) is 0.290. The summed E-state index contributed by atoms with van der Waals surface area (Å²) in [7, 11) is -2.80. The number of thiazole rings is 1. The lowest BCUT2D eigenvalue weighted by Crippen LogP contribution is -2.67. The topological polar surface area (TPSA) is 62.7 Å². The van der Waals surface area contributed by atoms with Crippen LogP contribution < -0.4 is 10.4 Å². The van der Waals surface area contributed by atoms with Crippen molar-refractivity contribution in [1.29, 1.82) is 0 Å². The molecule has 5 rings (SSSR count). The molecule has 0 aliphatic carbocycles. The summed E-state index contributed by atoms with van der Waals surface area (Å²) in [4.78, 5) is 19.8. The zero-order valence-electron chi connectivity index (χ0n) is 22.4. The highest BCUT2D eigenvalue weighted by molar-refractivity contribution is 9.10. The van der Waals surface area contributed by atoms with Crippen LogP contribution in [0.25, 0.3) is 0 Å². The lowest BCUT2D eigenvalue weighted by atomic mass is 10.1. The van der Waals surface area contributed by atoms with Gasteiger partial charge in [0.15, 0.2) is 0 Å². The minimum Gasteiger partial charge on any atom is -0.465 e. The molecule has 0 radical (unpaired) electrons. The minimum atomic E-state index is -2.80. The van der Waals surface area contributed by atoms with Crippen molar-refractivity contribution in [3.05, 3.63) is 111 Å². The SMILES string of the molecule is CC(C)(C)[Si](OC1CC(c2ncc(Cc3ccc(Br)cc3)s2)N(C(=O)O)C1)(c1ccccc1)c1ccccc1. The molecule has 8 heteroatoms. The summed E-state index contributed by atoms with van der Waals surface area (Å²) in [5.41, 5.74) is 1.20. The number of carbonyl (C=O) groups is 1. The maximum atomic E-state index is 12.4. The van der Waals surface area contributed by atoms with E-state index in [-0.39, 0.29) is 17.2 Å². The zero-order valence-corrected chi connectivity index (χ0v) is 25.8. The summed E-state index contributed by atoms with van der Waals surface area (Å²) in [6, 6.07) is 28.9. The Hall–Kier alpha value is -2.78. The van der Waals surface area contributed by atoms with Gasteiger partial charge in [0.05, 0.1) is 12.1 Å². The first kappa shape index (κ1) is 27.8. The molecule has 5 nitrogen and oxygen atoms in total. The maximum Gasteiger partial charge on any atom is 0.407 e. The summed E-state index contributed by atoms with van der Waals surface area (Å²) in [5, 5.41) is 13.2. The van der Waals surface area contributed by atoms with Crippen molar-refractivity contribution >= 4 is 52.1 Å². The molecular formula is C31H33BrN2O3SSi. The highest BCUT2D eigenvalue weighted by Crippen LogP contribution is 2.42. The number of benzene rings is 3. The lowest BCUT2D eigenvalue weighted by Gasteiger charge is -2.44. The van der Waals surface area contributed by atoms with Gasteiger partial charge in [-0.15, -0.1) is 11.3 Å². The number of halogens is 1. The van der Waals surface area contributed by atoms with E-state index in [1.54, 1.807) is 11.3 Å². The van der Waals surface area contributed by atoms with E-state index in [9.17, 15) is 9.90 Å². The number of aromatic nitrogens is 1. The summed E-state index contributed by atoms with van der Waals surface area (Å²) in [6.45, 7) is 7.06. The summed E-state index contributed by atoms with van der Waals surface area (Å²) < 4.78 is 8.34. The smallest absolute Gasteiger partial charge is 0.407 e. The number of hydrogen-bond donors (Lipinski definition) is 1. The van der Waals surface area contributed by atoms with Gasteiger partial charge in [0.25, 0.3) is 8.32 Å². The van der Waals surface area contributed by atoms with Crippen LogP contribution in [0.2, 0.25) is 5.04 Å². The molecule has 0 bridgehead atoms. The molecule has 39 heavy (non-hydrogen) atoms. The van der Waals surface area contributed by atoms with E-state index in [0.29, 0.717) is 13.0 Å². The van der Waals surface area contributed by atoms with Crippen molar-refractivity contribution in [2.75, 3.05) is 6.54 Å². The molecule has 2 unspecified atom stereocenters. The third-order valence-corrected chi connectivity index (χ3v) is 14.1. The Balaban J connectivity index is 1.46. The standard InChI is InChI=1S/C31H33BrN2O3SSi/c1-31(2,3)39(26-10-6-4-7-11-26,27-12-8-5-9-13-27)37-24-19-28(34(21-24)30(35)36)29-33-20-25(38-29)18-22-14-16-23(32)17-15-22/h4-17,20,24,28H,18-19,21H2,1-3H3,(H,35,36). The summed E-state index contributed by atoms with van der Waals surface area (Å²) in [5.74, 6) is 0. The van der Waals surface area contributed by atoms with E-state index in [2.05, 4.69) is 97.4 Å². The third-order valence-electron chi connectivity index (χ3n) is 7.42. The van der Waals surface area contributed by atoms with Gasteiger partial charge < -0.3 is 9.53 Å². The molecule has 202 valence electrons. The van der Waals surface area contributed by atoms with Crippen molar-refractivity contribution < 1.29 is 14.3 Å². The molecule has 0 saturated carbocycles. The molecule has 1 N–H and O–H groups in total. The first-order valence-corrected chi connectivity index (χ1v) is 16.7. The molecule has 1 saturated heterocycles. The van der Waals surface area contributed by atoms with E-state index in [1.807, 2.05) is 30.5 Å². The number of rotatable bonds is 7. The second-order valence-corrected chi connectivity index (χ2v) is 17.4. The van der Waals surface area contributed by atoms with Crippen LogP contribution in [-0.4, -0.2) is 42.0 Å². The van der Waals surface area contributed by atoms with E-state index in [0.717, 1.165) is 20.8 Å². The summed E-state index contributed by atoms with van der Waals surface area (Å²) >= 11 is 5.08. The quantitative estimate of drug-likeness (QED) is 0.229.